The molecule has 110 valence electrons. The third-order valence-corrected chi connectivity index (χ3v) is 4.45. The molecule has 0 aliphatic heterocycles. The number of nitrogens with two attached hydrogens (primary N) is 1. The molecule has 0 atom stereocenters. The Morgan fingerprint density at radius 2 is 2.00 bits per heavy atom. The number of hydrogen-bond acceptors (Lipinski definition) is 4. The molecule has 0 heterocycles. The van der Waals surface area contributed by atoms with Gasteiger partial charge in [-0.25, -0.2) is 0 Å². The molecule has 2 rings (SSSR count). The van der Waals surface area contributed by atoms with Crippen LogP contribution in [-0.2, 0) is 0 Å². The number of nitrogens with zero attached hydrogens (tertiary/aromatic N) is 1. The Bertz CT molecular complexity index is 469. The summed E-state index contributed by atoms with van der Waals surface area (Å²) in [6.07, 6.45) is 9.38. The van der Waals surface area contributed by atoms with E-state index < -0.39 is 0 Å². The van der Waals surface area contributed by atoms with Crippen LogP contribution in [0.5, 0.6) is 5.75 Å². The molecule has 0 aromatic heterocycles. The van der Waals surface area contributed by atoms with Crippen LogP contribution in [0.25, 0.3) is 0 Å². The van der Waals surface area contributed by atoms with Crippen LogP contribution in [0.4, 0.5) is 0 Å². The maximum Gasteiger partial charge on any atom is 0.174 e. The molecule has 5 heteroatoms. The quantitative estimate of drug-likeness (QED) is 0.222. The van der Waals surface area contributed by atoms with Gasteiger partial charge in [-0.3, -0.25) is 0 Å². The van der Waals surface area contributed by atoms with Crippen molar-refractivity contribution in [2.24, 2.45) is 10.9 Å². The van der Waals surface area contributed by atoms with Crippen LogP contribution >= 0.6 is 11.8 Å². The Hall–Kier alpha value is -1.36. The minimum Gasteiger partial charge on any atom is -0.490 e. The van der Waals surface area contributed by atoms with Gasteiger partial charge in [0, 0.05) is 4.90 Å². The van der Waals surface area contributed by atoms with E-state index in [0.717, 1.165) is 23.5 Å². The van der Waals surface area contributed by atoms with Gasteiger partial charge in [-0.15, -0.1) is 11.8 Å². The summed E-state index contributed by atoms with van der Waals surface area (Å²) in [4.78, 5) is 0.964. The molecule has 4 nitrogen and oxygen atoms in total. The number of benzene rings is 1. The summed E-state index contributed by atoms with van der Waals surface area (Å²) in [5.74, 6) is 0.831. The molecule has 20 heavy (non-hydrogen) atoms. The summed E-state index contributed by atoms with van der Waals surface area (Å²) in [7, 11) is 0. The summed E-state index contributed by atoms with van der Waals surface area (Å²) >= 11 is 1.57. The van der Waals surface area contributed by atoms with E-state index in [4.69, 9.17) is 15.7 Å². The number of thioether (sulfide) groups is 1. The smallest absolute Gasteiger partial charge is 0.174 e. The Balaban J connectivity index is 2.25. The van der Waals surface area contributed by atoms with E-state index in [-0.39, 0.29) is 11.9 Å². The lowest BCUT2D eigenvalue weighted by molar-refractivity contribution is 0.183. The number of rotatable bonds is 4. The fraction of sp³-hybridized carbons (Fsp3) is 0.533. The molecule has 0 spiro atoms. The van der Waals surface area contributed by atoms with Crippen molar-refractivity contribution in [1.29, 1.82) is 0 Å². The van der Waals surface area contributed by atoms with E-state index in [9.17, 15) is 0 Å². The van der Waals surface area contributed by atoms with E-state index >= 15 is 0 Å². The molecule has 0 saturated heterocycles. The van der Waals surface area contributed by atoms with Gasteiger partial charge in [-0.1, -0.05) is 24.1 Å². The van der Waals surface area contributed by atoms with E-state index in [1.165, 1.54) is 25.7 Å². The highest BCUT2D eigenvalue weighted by molar-refractivity contribution is 7.98. The zero-order valence-electron chi connectivity index (χ0n) is 11.8. The molecule has 0 unspecified atom stereocenters. The Kier molecular flexibility index (Phi) is 5.59. The number of oxime groups is 1. The molecule has 0 bridgehead atoms. The third kappa shape index (κ3) is 3.60. The van der Waals surface area contributed by atoms with Gasteiger partial charge in [0.15, 0.2) is 5.84 Å². The van der Waals surface area contributed by atoms with Crippen molar-refractivity contribution >= 4 is 17.6 Å². The summed E-state index contributed by atoms with van der Waals surface area (Å²) in [6, 6.07) is 5.81. The average molecular weight is 294 g/mol. The second-order valence-electron chi connectivity index (χ2n) is 5.05. The Labute approximate surface area is 124 Å². The average Bonchev–Trinajstić information content (AvgIpc) is 2.75. The van der Waals surface area contributed by atoms with Gasteiger partial charge in [0.1, 0.15) is 5.75 Å². The summed E-state index contributed by atoms with van der Waals surface area (Å²) in [6.45, 7) is 0. The topological polar surface area (TPSA) is 67.8 Å². The lowest BCUT2D eigenvalue weighted by Crippen LogP contribution is -2.20. The third-order valence-electron chi connectivity index (χ3n) is 3.67. The van der Waals surface area contributed by atoms with Gasteiger partial charge in [0.05, 0.1) is 11.7 Å². The highest BCUT2D eigenvalue weighted by Crippen LogP contribution is 2.31. The van der Waals surface area contributed by atoms with E-state index in [2.05, 4.69) is 5.16 Å². The molecule has 0 radical (unpaired) electrons. The monoisotopic (exact) mass is 294 g/mol. The van der Waals surface area contributed by atoms with Crippen molar-refractivity contribution < 1.29 is 9.94 Å². The lowest BCUT2D eigenvalue weighted by atomic mass is 10.1. The van der Waals surface area contributed by atoms with Crippen LogP contribution in [0, 0.1) is 0 Å². The van der Waals surface area contributed by atoms with Crippen LogP contribution < -0.4 is 10.5 Å². The fourth-order valence-electron chi connectivity index (χ4n) is 2.62. The van der Waals surface area contributed by atoms with Gasteiger partial charge in [-0.2, -0.15) is 0 Å². The highest BCUT2D eigenvalue weighted by Gasteiger charge is 2.19. The summed E-state index contributed by atoms with van der Waals surface area (Å²) in [5.41, 5.74) is 6.51. The predicted octanol–water partition coefficient (Wildman–Crippen LogP) is 3.60. The molecule has 1 fully saturated rings. The van der Waals surface area contributed by atoms with Crippen molar-refractivity contribution in [2.75, 3.05) is 6.26 Å². The molecule has 0 amide bonds. The van der Waals surface area contributed by atoms with Crippen molar-refractivity contribution in [2.45, 2.75) is 49.5 Å². The lowest BCUT2D eigenvalue weighted by Gasteiger charge is -2.20. The van der Waals surface area contributed by atoms with Crippen LogP contribution in [0.3, 0.4) is 0 Å². The summed E-state index contributed by atoms with van der Waals surface area (Å²) in [5, 5.41) is 12.1. The van der Waals surface area contributed by atoms with Gasteiger partial charge in [0.25, 0.3) is 0 Å². The maximum absolute atomic E-state index is 8.98. The molecular weight excluding hydrogens is 272 g/mol. The number of hydrogen-bond donors (Lipinski definition) is 2. The molecule has 3 N–H and O–H groups in total. The zero-order valence-corrected chi connectivity index (χ0v) is 12.7. The summed E-state index contributed by atoms with van der Waals surface area (Å²) < 4.78 is 6.15. The van der Waals surface area contributed by atoms with Gasteiger partial charge < -0.3 is 15.7 Å². The first-order chi connectivity index (χ1) is 9.76. The van der Waals surface area contributed by atoms with Gasteiger partial charge in [0.2, 0.25) is 0 Å². The minimum absolute atomic E-state index is 0.110. The van der Waals surface area contributed by atoms with Crippen molar-refractivity contribution in [1.82, 2.24) is 0 Å². The second-order valence-corrected chi connectivity index (χ2v) is 5.90. The van der Waals surface area contributed by atoms with E-state index in [1.807, 2.05) is 24.5 Å². The molecule has 1 aliphatic rings. The minimum atomic E-state index is 0.110. The Morgan fingerprint density at radius 3 is 2.60 bits per heavy atom. The fourth-order valence-corrected chi connectivity index (χ4v) is 3.25. The van der Waals surface area contributed by atoms with Crippen molar-refractivity contribution in [3.63, 3.8) is 0 Å². The highest BCUT2D eigenvalue weighted by atomic mass is 32.2. The molecule has 1 aromatic carbocycles. The van der Waals surface area contributed by atoms with E-state index in [0.29, 0.717) is 5.56 Å². The predicted molar refractivity (Wildman–Crippen MR) is 82.9 cm³/mol. The largest absolute Gasteiger partial charge is 0.490 e. The SMILES string of the molecule is CSc1cccc(OC2CCCCCC2)c1/C(N)=N/O. The van der Waals surface area contributed by atoms with Crippen LogP contribution in [0.2, 0.25) is 0 Å². The van der Waals surface area contributed by atoms with Crippen LogP contribution in [0.1, 0.15) is 44.1 Å². The van der Waals surface area contributed by atoms with Crippen molar-refractivity contribution in [3.05, 3.63) is 23.8 Å². The molecule has 1 aliphatic carbocycles. The van der Waals surface area contributed by atoms with Crippen LogP contribution in [-0.4, -0.2) is 23.4 Å². The molecule has 1 saturated carbocycles. The van der Waals surface area contributed by atoms with Crippen molar-refractivity contribution in [3.8, 4) is 5.75 Å². The zero-order chi connectivity index (χ0) is 14.4. The number of amidine groups is 1. The second kappa shape index (κ2) is 7.43. The first-order valence-electron chi connectivity index (χ1n) is 7.07. The Morgan fingerprint density at radius 1 is 1.30 bits per heavy atom. The van der Waals surface area contributed by atoms with Gasteiger partial charge >= 0.3 is 0 Å². The first kappa shape index (κ1) is 15.0. The normalized spacial score (nSPS) is 17.8. The molecular formula is C15H22N2O2S. The van der Waals surface area contributed by atoms with E-state index in [1.54, 1.807) is 11.8 Å². The first-order valence-corrected chi connectivity index (χ1v) is 8.30. The molecule has 1 aromatic rings. The van der Waals surface area contributed by atoms with Crippen LogP contribution in [0.15, 0.2) is 28.3 Å². The maximum atomic E-state index is 8.98. The van der Waals surface area contributed by atoms with Gasteiger partial charge in [-0.05, 0) is 44.1 Å². The standard InChI is InChI=1S/C15H22N2O2S/c1-20-13-10-6-9-12(14(13)15(16)17-18)19-11-7-4-2-3-5-8-11/h6,9-11,18H,2-5,7-8H2,1H3,(H2,16,17). The number of ether oxygens (including phenoxy) is 1.